The molecule has 0 fully saturated rings. The van der Waals surface area contributed by atoms with Gasteiger partial charge < -0.3 is 5.11 Å². The first-order valence-electron chi connectivity index (χ1n) is 8.11. The minimum absolute atomic E-state index is 0.140. The number of aromatic nitrogens is 5. The molecule has 0 saturated heterocycles. The highest BCUT2D eigenvalue weighted by Gasteiger charge is 2.17. The Morgan fingerprint density at radius 3 is 2.48 bits per heavy atom. The topological polar surface area (TPSA) is 130 Å². The Kier molecular flexibility index (Phi) is 4.38. The summed E-state index contributed by atoms with van der Waals surface area (Å²) in [6.07, 6.45) is 1.56. The third-order valence-electron chi connectivity index (χ3n) is 4.28. The van der Waals surface area contributed by atoms with Crippen LogP contribution in [0.15, 0.2) is 40.1 Å². The molecule has 0 aliphatic rings. The van der Waals surface area contributed by atoms with Gasteiger partial charge in [-0.15, -0.1) is 5.10 Å². The molecule has 4 rings (SSSR count). The van der Waals surface area contributed by atoms with Crippen molar-refractivity contribution in [3.63, 3.8) is 0 Å². The van der Waals surface area contributed by atoms with Gasteiger partial charge in [-0.05, 0) is 36.8 Å². The fourth-order valence-electron chi connectivity index (χ4n) is 2.87. The van der Waals surface area contributed by atoms with E-state index in [1.54, 1.807) is 31.3 Å². The quantitative estimate of drug-likeness (QED) is 0.504. The molecule has 0 atom stereocenters. The van der Waals surface area contributed by atoms with E-state index in [1.807, 2.05) is 4.98 Å². The predicted molar refractivity (Wildman–Crippen MR) is 106 cm³/mol. The van der Waals surface area contributed by atoms with Gasteiger partial charge in [0.05, 0.1) is 27.4 Å². The van der Waals surface area contributed by atoms with Crippen molar-refractivity contribution in [2.24, 2.45) is 0 Å². The molecule has 2 aromatic carbocycles. The number of nitrogens with zero attached hydrogens (tertiary/aromatic N) is 5. The van der Waals surface area contributed by atoms with Crippen molar-refractivity contribution in [3.8, 4) is 23.2 Å². The second-order valence-electron chi connectivity index (χ2n) is 6.14. The van der Waals surface area contributed by atoms with Gasteiger partial charge in [-0.1, -0.05) is 23.2 Å². The summed E-state index contributed by atoms with van der Waals surface area (Å²) in [6, 6.07) is 7.76. The number of aromatic hydroxyl groups is 1. The lowest BCUT2D eigenvalue weighted by atomic mass is 10.1. The van der Waals surface area contributed by atoms with Crippen LogP contribution in [0.25, 0.3) is 22.3 Å². The van der Waals surface area contributed by atoms with Crippen molar-refractivity contribution in [1.82, 2.24) is 24.5 Å². The lowest BCUT2D eigenvalue weighted by molar-refractivity contribution is 0.472. The Balaban J connectivity index is 1.93. The number of fused-ring (bicyclic) bond motifs is 1. The van der Waals surface area contributed by atoms with E-state index in [0.717, 1.165) is 4.68 Å². The maximum Gasteiger partial charge on any atom is 0.349 e. The molecule has 11 heteroatoms. The molecule has 0 aliphatic carbocycles. The first kappa shape index (κ1) is 18.7. The maximum absolute atomic E-state index is 12.1. The number of aromatic amines is 1. The van der Waals surface area contributed by atoms with E-state index in [1.165, 1.54) is 16.8 Å². The fourth-order valence-corrected chi connectivity index (χ4v) is 3.51. The first-order chi connectivity index (χ1) is 13.8. The van der Waals surface area contributed by atoms with E-state index in [2.05, 4.69) is 10.2 Å². The molecule has 0 aliphatic heterocycles. The molecule has 2 N–H and O–H groups in total. The van der Waals surface area contributed by atoms with Gasteiger partial charge in [0, 0.05) is 5.39 Å². The highest BCUT2D eigenvalue weighted by molar-refractivity contribution is 6.38. The Morgan fingerprint density at radius 1 is 1.14 bits per heavy atom. The zero-order chi connectivity index (χ0) is 20.9. The Bertz CT molecular complexity index is 1440. The van der Waals surface area contributed by atoms with E-state index in [-0.39, 0.29) is 21.5 Å². The van der Waals surface area contributed by atoms with Gasteiger partial charge in [0.25, 0.3) is 5.56 Å². The third-order valence-corrected chi connectivity index (χ3v) is 4.85. The molecule has 0 spiro atoms. The van der Waals surface area contributed by atoms with Gasteiger partial charge >= 0.3 is 5.69 Å². The molecule has 9 nitrogen and oxygen atoms in total. The second-order valence-corrected chi connectivity index (χ2v) is 6.96. The number of H-pyrrole nitrogens is 1. The summed E-state index contributed by atoms with van der Waals surface area (Å²) in [6.45, 7) is 1.75. The molecule has 0 amide bonds. The number of phenolic OH excluding ortho intramolecular Hbond substituents is 1. The van der Waals surface area contributed by atoms with Crippen LogP contribution in [0.1, 0.15) is 11.3 Å². The summed E-state index contributed by atoms with van der Waals surface area (Å²) in [5.41, 5.74) is -0.371. The van der Waals surface area contributed by atoms with Crippen molar-refractivity contribution in [2.75, 3.05) is 0 Å². The van der Waals surface area contributed by atoms with Crippen molar-refractivity contribution >= 4 is 34.1 Å². The van der Waals surface area contributed by atoms with Gasteiger partial charge in [-0.2, -0.15) is 15.0 Å². The summed E-state index contributed by atoms with van der Waals surface area (Å²) < 4.78 is 2.34. The predicted octanol–water partition coefficient (Wildman–Crippen LogP) is 2.45. The van der Waals surface area contributed by atoms with E-state index in [9.17, 15) is 14.7 Å². The molecule has 0 saturated carbocycles. The number of benzene rings is 2. The number of phenols is 1. The average Bonchev–Trinajstić information content (AvgIpc) is 3.04. The van der Waals surface area contributed by atoms with Gasteiger partial charge in [0.15, 0.2) is 0 Å². The summed E-state index contributed by atoms with van der Waals surface area (Å²) in [5, 5.41) is 27.9. The number of nitriles is 1. The Morgan fingerprint density at radius 2 is 1.83 bits per heavy atom. The normalized spacial score (nSPS) is 11.0. The van der Waals surface area contributed by atoms with Crippen LogP contribution in [0.3, 0.4) is 0 Å². The minimum atomic E-state index is -0.885. The van der Waals surface area contributed by atoms with Crippen LogP contribution in [0, 0.1) is 18.3 Å². The summed E-state index contributed by atoms with van der Waals surface area (Å²) in [4.78, 5) is 25.6. The zero-order valence-electron chi connectivity index (χ0n) is 14.6. The van der Waals surface area contributed by atoms with Crippen LogP contribution in [0.4, 0.5) is 0 Å². The number of aryl methyl sites for hydroxylation is 1. The molecule has 2 aromatic heterocycles. The second kappa shape index (κ2) is 6.77. The minimum Gasteiger partial charge on any atom is -0.508 e. The molecule has 144 valence electrons. The van der Waals surface area contributed by atoms with Crippen LogP contribution in [-0.2, 0) is 0 Å². The van der Waals surface area contributed by atoms with Gasteiger partial charge in [-0.3, -0.25) is 9.78 Å². The molecular weight excluding hydrogens is 419 g/mol. The number of nitrogens with one attached hydrogen (secondary N) is 1. The molecule has 29 heavy (non-hydrogen) atoms. The molecule has 4 aromatic rings. The Labute approximate surface area is 172 Å². The van der Waals surface area contributed by atoms with Crippen LogP contribution in [-0.4, -0.2) is 29.7 Å². The average molecular weight is 429 g/mol. The third kappa shape index (κ3) is 3.04. The van der Waals surface area contributed by atoms with Crippen molar-refractivity contribution in [1.29, 1.82) is 5.26 Å². The van der Waals surface area contributed by atoms with E-state index >= 15 is 0 Å². The molecular formula is C18H10Cl2N6O3. The summed E-state index contributed by atoms with van der Waals surface area (Å²) in [5.74, 6) is 0.140. The smallest absolute Gasteiger partial charge is 0.349 e. The Hall–Kier alpha value is -3.61. The highest BCUT2D eigenvalue weighted by Crippen LogP contribution is 2.34. The largest absolute Gasteiger partial charge is 0.508 e. The van der Waals surface area contributed by atoms with E-state index in [0.29, 0.717) is 22.2 Å². The van der Waals surface area contributed by atoms with Crippen molar-refractivity contribution in [2.45, 2.75) is 6.92 Å². The number of rotatable bonds is 2. The SMILES string of the molecule is Cc1cc2c(cnn2-c2c(Cl)cc(-n3nc(C#N)c(=O)[nH]c3=O)cc2Cl)cc1O. The van der Waals surface area contributed by atoms with Crippen molar-refractivity contribution in [3.05, 3.63) is 72.6 Å². The lowest BCUT2D eigenvalue weighted by Gasteiger charge is -2.12. The number of hydrogen-bond acceptors (Lipinski definition) is 6. The van der Waals surface area contributed by atoms with Crippen LogP contribution in [0.5, 0.6) is 5.75 Å². The van der Waals surface area contributed by atoms with Crippen LogP contribution >= 0.6 is 23.2 Å². The zero-order valence-corrected chi connectivity index (χ0v) is 16.2. The van der Waals surface area contributed by atoms with Crippen molar-refractivity contribution < 1.29 is 5.11 Å². The maximum atomic E-state index is 12.1. The standard InChI is InChI=1S/C18H10Cl2N6O3/c1-8-2-14-9(3-15(8)27)7-22-26(14)16-11(19)4-10(5-12(16)20)25-18(29)23-17(28)13(6-21)24-25/h2-5,7,27H,1H3,(H,23,28,29). The van der Waals surface area contributed by atoms with Crippen LogP contribution in [0.2, 0.25) is 10.0 Å². The fraction of sp³-hybridized carbons (Fsp3) is 0.0556. The highest BCUT2D eigenvalue weighted by atomic mass is 35.5. The monoisotopic (exact) mass is 428 g/mol. The van der Waals surface area contributed by atoms with Gasteiger partial charge in [-0.25, -0.2) is 9.48 Å². The van der Waals surface area contributed by atoms with E-state index in [4.69, 9.17) is 28.5 Å². The van der Waals surface area contributed by atoms with Crippen LogP contribution < -0.4 is 11.2 Å². The van der Waals surface area contributed by atoms with E-state index < -0.39 is 16.9 Å². The molecule has 0 radical (unpaired) electrons. The summed E-state index contributed by atoms with van der Waals surface area (Å²) >= 11 is 12.9. The molecule has 0 bridgehead atoms. The molecule has 2 heterocycles. The van der Waals surface area contributed by atoms with Gasteiger partial charge in [0.2, 0.25) is 5.69 Å². The number of hydrogen-bond donors (Lipinski definition) is 2. The molecule has 0 unspecified atom stereocenters. The number of halogens is 2. The first-order valence-corrected chi connectivity index (χ1v) is 8.86. The lowest BCUT2D eigenvalue weighted by Crippen LogP contribution is -2.33. The summed E-state index contributed by atoms with van der Waals surface area (Å²) in [7, 11) is 0. The van der Waals surface area contributed by atoms with Gasteiger partial charge in [0.1, 0.15) is 17.5 Å².